The lowest BCUT2D eigenvalue weighted by Crippen LogP contribution is -2.51. The van der Waals surface area contributed by atoms with Gasteiger partial charge in [0.2, 0.25) is 11.8 Å². The summed E-state index contributed by atoms with van der Waals surface area (Å²) in [5.74, 6) is -0.259. The summed E-state index contributed by atoms with van der Waals surface area (Å²) in [6.07, 6.45) is 0.582. The van der Waals surface area contributed by atoms with Crippen molar-refractivity contribution in [3.8, 4) is 0 Å². The number of aryl methyl sites for hydroxylation is 1. The van der Waals surface area contributed by atoms with E-state index in [2.05, 4.69) is 10.6 Å². The van der Waals surface area contributed by atoms with E-state index in [1.54, 1.807) is 17.0 Å². The van der Waals surface area contributed by atoms with Crippen LogP contribution in [0.2, 0.25) is 0 Å². The van der Waals surface area contributed by atoms with Crippen LogP contribution in [0.3, 0.4) is 0 Å². The van der Waals surface area contributed by atoms with Crippen molar-refractivity contribution >= 4 is 11.8 Å². The molecule has 1 aliphatic heterocycles. The highest BCUT2D eigenvalue weighted by Gasteiger charge is 2.25. The molecule has 1 aromatic carbocycles. The monoisotopic (exact) mass is 371 g/mol. The van der Waals surface area contributed by atoms with Gasteiger partial charge in [0.15, 0.2) is 0 Å². The number of aromatic nitrogens is 1. The zero-order chi connectivity index (χ0) is 19.6. The molecule has 0 saturated carbocycles. The third-order valence-electron chi connectivity index (χ3n) is 5.45. The Kier molecular flexibility index (Phi) is 5.63. The number of hydrogen-bond donors (Lipinski definition) is 0. The van der Waals surface area contributed by atoms with E-state index in [1.807, 2.05) is 25.8 Å². The second-order valence-corrected chi connectivity index (χ2v) is 7.20. The molecule has 5 nitrogen and oxygen atoms in total. The molecule has 144 valence electrons. The Hall–Kier alpha value is -2.63. The SMILES string of the molecule is Cc1cc(CC(=O)N2CCN(C(=O)Cc3cccc(F)c3)CC2)c(C)n1C. The van der Waals surface area contributed by atoms with Crippen molar-refractivity contribution < 1.29 is 14.0 Å². The van der Waals surface area contributed by atoms with Gasteiger partial charge >= 0.3 is 0 Å². The zero-order valence-corrected chi connectivity index (χ0v) is 16.2. The Morgan fingerprint density at radius 2 is 1.56 bits per heavy atom. The number of nitrogens with zero attached hydrogens (tertiary/aromatic N) is 3. The van der Waals surface area contributed by atoms with Crippen LogP contribution in [0, 0.1) is 19.7 Å². The van der Waals surface area contributed by atoms with Gasteiger partial charge in [-0.15, -0.1) is 0 Å². The number of halogens is 1. The van der Waals surface area contributed by atoms with Gasteiger partial charge in [0.25, 0.3) is 0 Å². The number of hydrogen-bond acceptors (Lipinski definition) is 2. The molecule has 1 aromatic heterocycles. The minimum absolute atomic E-state index is 0.0257. The smallest absolute Gasteiger partial charge is 0.227 e. The molecule has 1 aliphatic rings. The standard InChI is InChI=1S/C21H26FN3O2/c1-15-11-18(16(2)23(15)3)14-21(27)25-9-7-24(8-10-25)20(26)13-17-5-4-6-19(22)12-17/h4-6,11-12H,7-10,13-14H2,1-3H3. The molecule has 0 bridgehead atoms. The molecule has 0 radical (unpaired) electrons. The van der Waals surface area contributed by atoms with E-state index in [0.717, 1.165) is 17.0 Å². The van der Waals surface area contributed by atoms with E-state index >= 15 is 0 Å². The summed E-state index contributed by atoms with van der Waals surface area (Å²) in [6, 6.07) is 8.19. The second kappa shape index (κ2) is 7.94. The predicted molar refractivity (Wildman–Crippen MR) is 102 cm³/mol. The summed E-state index contributed by atoms with van der Waals surface area (Å²) in [7, 11) is 2.00. The Labute approximate surface area is 159 Å². The lowest BCUT2D eigenvalue weighted by molar-refractivity contribution is -0.138. The van der Waals surface area contributed by atoms with Gasteiger partial charge in [-0.3, -0.25) is 9.59 Å². The highest BCUT2D eigenvalue weighted by molar-refractivity contribution is 5.81. The molecular formula is C21H26FN3O2. The average molecular weight is 371 g/mol. The number of amides is 2. The van der Waals surface area contributed by atoms with Gasteiger partial charge in [0.1, 0.15) is 5.82 Å². The summed E-state index contributed by atoms with van der Waals surface area (Å²) in [4.78, 5) is 28.6. The van der Waals surface area contributed by atoms with Crippen LogP contribution < -0.4 is 0 Å². The van der Waals surface area contributed by atoms with Crippen LogP contribution in [-0.4, -0.2) is 52.4 Å². The van der Waals surface area contributed by atoms with Crippen LogP contribution in [0.4, 0.5) is 4.39 Å². The summed E-state index contributed by atoms with van der Waals surface area (Å²) in [6.45, 7) is 6.18. The van der Waals surface area contributed by atoms with Crippen LogP contribution in [-0.2, 0) is 29.5 Å². The van der Waals surface area contributed by atoms with Crippen molar-refractivity contribution in [2.75, 3.05) is 26.2 Å². The first-order chi connectivity index (χ1) is 12.8. The molecule has 2 heterocycles. The second-order valence-electron chi connectivity index (χ2n) is 7.20. The first kappa shape index (κ1) is 19.1. The van der Waals surface area contributed by atoms with E-state index in [4.69, 9.17) is 0 Å². The van der Waals surface area contributed by atoms with Crippen LogP contribution in [0.1, 0.15) is 22.5 Å². The molecule has 0 unspecified atom stereocenters. The van der Waals surface area contributed by atoms with Crippen LogP contribution in [0.5, 0.6) is 0 Å². The van der Waals surface area contributed by atoms with Crippen LogP contribution in [0.25, 0.3) is 0 Å². The predicted octanol–water partition coefficient (Wildman–Crippen LogP) is 2.24. The molecule has 0 spiro atoms. The quantitative estimate of drug-likeness (QED) is 0.827. The maximum Gasteiger partial charge on any atom is 0.227 e. The summed E-state index contributed by atoms with van der Waals surface area (Å²) in [5.41, 5.74) is 3.99. The highest BCUT2D eigenvalue weighted by Crippen LogP contribution is 2.16. The van der Waals surface area contributed by atoms with E-state index in [-0.39, 0.29) is 24.1 Å². The van der Waals surface area contributed by atoms with Gasteiger partial charge in [-0.2, -0.15) is 0 Å². The van der Waals surface area contributed by atoms with Crippen molar-refractivity contribution in [3.63, 3.8) is 0 Å². The zero-order valence-electron chi connectivity index (χ0n) is 16.2. The molecule has 0 aliphatic carbocycles. The molecular weight excluding hydrogens is 345 g/mol. The number of rotatable bonds is 4. The first-order valence-corrected chi connectivity index (χ1v) is 9.27. The van der Waals surface area contributed by atoms with E-state index in [0.29, 0.717) is 38.2 Å². The van der Waals surface area contributed by atoms with E-state index < -0.39 is 0 Å². The number of benzene rings is 1. The molecule has 0 atom stereocenters. The fourth-order valence-corrected chi connectivity index (χ4v) is 3.53. The van der Waals surface area contributed by atoms with Crippen molar-refractivity contribution in [1.82, 2.24) is 14.4 Å². The topological polar surface area (TPSA) is 45.6 Å². The molecule has 1 saturated heterocycles. The normalized spacial score (nSPS) is 14.5. The Morgan fingerprint density at radius 3 is 2.07 bits per heavy atom. The highest BCUT2D eigenvalue weighted by atomic mass is 19.1. The third kappa shape index (κ3) is 4.38. The first-order valence-electron chi connectivity index (χ1n) is 9.27. The summed E-state index contributed by atoms with van der Waals surface area (Å²) >= 11 is 0. The summed E-state index contributed by atoms with van der Waals surface area (Å²) in [5, 5.41) is 0. The molecule has 6 heteroatoms. The summed E-state index contributed by atoms with van der Waals surface area (Å²) < 4.78 is 15.4. The molecule has 27 heavy (non-hydrogen) atoms. The van der Waals surface area contributed by atoms with Gasteiger partial charge in [0, 0.05) is 44.6 Å². The molecule has 2 amide bonds. The van der Waals surface area contributed by atoms with Crippen LogP contribution >= 0.6 is 0 Å². The van der Waals surface area contributed by atoms with Crippen molar-refractivity contribution in [1.29, 1.82) is 0 Å². The lowest BCUT2D eigenvalue weighted by atomic mass is 10.1. The molecule has 0 N–H and O–H groups in total. The number of piperazine rings is 1. The van der Waals surface area contributed by atoms with Crippen molar-refractivity contribution in [3.05, 3.63) is 58.7 Å². The third-order valence-corrected chi connectivity index (χ3v) is 5.45. The maximum atomic E-state index is 13.3. The Morgan fingerprint density at radius 1 is 0.963 bits per heavy atom. The fourth-order valence-electron chi connectivity index (χ4n) is 3.53. The molecule has 2 aromatic rings. The molecule has 1 fully saturated rings. The van der Waals surface area contributed by atoms with Gasteiger partial charge in [-0.1, -0.05) is 12.1 Å². The lowest BCUT2D eigenvalue weighted by Gasteiger charge is -2.35. The average Bonchev–Trinajstić information content (AvgIpc) is 2.88. The minimum Gasteiger partial charge on any atom is -0.352 e. The van der Waals surface area contributed by atoms with Gasteiger partial charge < -0.3 is 14.4 Å². The Balaban J connectivity index is 1.52. The van der Waals surface area contributed by atoms with E-state index in [9.17, 15) is 14.0 Å². The van der Waals surface area contributed by atoms with Crippen molar-refractivity contribution in [2.45, 2.75) is 26.7 Å². The minimum atomic E-state index is -0.331. The maximum absolute atomic E-state index is 13.3. The Bertz CT molecular complexity index is 851. The van der Waals surface area contributed by atoms with Crippen molar-refractivity contribution in [2.24, 2.45) is 7.05 Å². The van der Waals surface area contributed by atoms with Gasteiger partial charge in [-0.25, -0.2) is 4.39 Å². The van der Waals surface area contributed by atoms with Crippen LogP contribution in [0.15, 0.2) is 30.3 Å². The largest absolute Gasteiger partial charge is 0.352 e. The molecule has 3 rings (SSSR count). The van der Waals surface area contributed by atoms with Gasteiger partial charge in [0.05, 0.1) is 12.8 Å². The number of carbonyl (C=O) groups is 2. The number of carbonyl (C=O) groups excluding carboxylic acids is 2. The fraction of sp³-hybridized carbons (Fsp3) is 0.429. The van der Waals surface area contributed by atoms with E-state index in [1.165, 1.54) is 12.1 Å². The van der Waals surface area contributed by atoms with Gasteiger partial charge in [-0.05, 0) is 43.2 Å².